The Labute approximate surface area is 141 Å². The van der Waals surface area contributed by atoms with Crippen LogP contribution < -0.4 is 10.9 Å². The number of carbonyl (C=O) groups excluding carboxylic acids is 1. The molecule has 1 N–H and O–H groups in total. The molecular formula is C18H22N4O2. The molecule has 6 nitrogen and oxygen atoms in total. The Morgan fingerprint density at radius 2 is 1.83 bits per heavy atom. The lowest BCUT2D eigenvalue weighted by atomic mass is 10.1. The third kappa shape index (κ3) is 3.89. The second-order valence-electron chi connectivity index (χ2n) is 6.12. The lowest BCUT2D eigenvalue weighted by Gasteiger charge is -2.17. The van der Waals surface area contributed by atoms with Crippen molar-refractivity contribution < 1.29 is 4.79 Å². The lowest BCUT2D eigenvalue weighted by molar-refractivity contribution is 0.0943. The summed E-state index contributed by atoms with van der Waals surface area (Å²) in [5.41, 5.74) is 2.37. The van der Waals surface area contributed by atoms with Crippen molar-refractivity contribution in [1.29, 1.82) is 0 Å². The first-order valence-corrected chi connectivity index (χ1v) is 8.25. The predicted molar refractivity (Wildman–Crippen MR) is 91.6 cm³/mol. The van der Waals surface area contributed by atoms with Gasteiger partial charge in [-0.1, -0.05) is 24.3 Å². The molecule has 0 atom stereocenters. The lowest BCUT2D eigenvalue weighted by Crippen LogP contribution is -2.28. The van der Waals surface area contributed by atoms with Gasteiger partial charge in [-0.2, -0.15) is 5.10 Å². The van der Waals surface area contributed by atoms with Crippen molar-refractivity contribution in [2.24, 2.45) is 7.05 Å². The highest BCUT2D eigenvalue weighted by Gasteiger charge is 2.14. The molecule has 126 valence electrons. The summed E-state index contributed by atoms with van der Waals surface area (Å²) >= 11 is 0. The van der Waals surface area contributed by atoms with Crippen LogP contribution in [0.4, 0.5) is 0 Å². The van der Waals surface area contributed by atoms with Crippen molar-refractivity contribution in [3.8, 4) is 0 Å². The zero-order chi connectivity index (χ0) is 16.9. The summed E-state index contributed by atoms with van der Waals surface area (Å²) in [6, 6.07) is 11.0. The maximum atomic E-state index is 12.2. The predicted octanol–water partition coefficient (Wildman–Crippen LogP) is 1.31. The molecular weight excluding hydrogens is 304 g/mol. The van der Waals surface area contributed by atoms with E-state index in [0.29, 0.717) is 6.54 Å². The van der Waals surface area contributed by atoms with Gasteiger partial charge in [0.15, 0.2) is 0 Å². The number of nitrogens with one attached hydrogen (secondary N) is 1. The number of benzene rings is 1. The Morgan fingerprint density at radius 1 is 1.12 bits per heavy atom. The molecule has 0 aliphatic carbocycles. The van der Waals surface area contributed by atoms with Crippen molar-refractivity contribution in [2.75, 3.05) is 13.1 Å². The van der Waals surface area contributed by atoms with Crippen LogP contribution in [0.5, 0.6) is 0 Å². The number of aromatic nitrogens is 2. The third-order valence-electron chi connectivity index (χ3n) is 4.34. The Morgan fingerprint density at radius 3 is 2.54 bits per heavy atom. The minimum atomic E-state index is -0.276. The third-order valence-corrected chi connectivity index (χ3v) is 4.34. The number of nitrogens with zero attached hydrogens (tertiary/aromatic N) is 3. The molecule has 1 aromatic heterocycles. The van der Waals surface area contributed by atoms with Crippen molar-refractivity contribution in [2.45, 2.75) is 25.9 Å². The largest absolute Gasteiger partial charge is 0.347 e. The van der Waals surface area contributed by atoms with Gasteiger partial charge in [-0.3, -0.25) is 14.5 Å². The summed E-state index contributed by atoms with van der Waals surface area (Å²) in [5.74, 6) is -0.276. The first-order chi connectivity index (χ1) is 11.6. The van der Waals surface area contributed by atoms with Gasteiger partial charge < -0.3 is 5.32 Å². The van der Waals surface area contributed by atoms with Crippen LogP contribution >= 0.6 is 0 Å². The number of hydrogen-bond donors (Lipinski definition) is 1. The summed E-state index contributed by atoms with van der Waals surface area (Å²) in [5, 5.41) is 6.87. The number of rotatable bonds is 5. The van der Waals surface area contributed by atoms with Crippen molar-refractivity contribution in [1.82, 2.24) is 20.0 Å². The molecule has 1 aliphatic rings. The van der Waals surface area contributed by atoms with E-state index in [1.807, 2.05) is 18.2 Å². The molecule has 1 aliphatic heterocycles. The van der Waals surface area contributed by atoms with Gasteiger partial charge >= 0.3 is 0 Å². The van der Waals surface area contributed by atoms with E-state index in [9.17, 15) is 9.59 Å². The standard InChI is InChI=1S/C18H22N4O2/c1-21-17(23)9-8-16(20-21)18(24)19-12-14-6-2-3-7-15(14)13-22-10-4-5-11-22/h2-3,6-9H,4-5,10-13H2,1H3,(H,19,24). The van der Waals surface area contributed by atoms with E-state index in [2.05, 4.69) is 21.4 Å². The Balaban J connectivity index is 1.66. The molecule has 1 amide bonds. The molecule has 0 saturated carbocycles. The summed E-state index contributed by atoms with van der Waals surface area (Å²) in [6.07, 6.45) is 2.52. The van der Waals surface area contributed by atoms with E-state index >= 15 is 0 Å². The fraction of sp³-hybridized carbons (Fsp3) is 0.389. The van der Waals surface area contributed by atoms with Crippen LogP contribution in [0.3, 0.4) is 0 Å². The van der Waals surface area contributed by atoms with Crippen LogP contribution in [-0.4, -0.2) is 33.7 Å². The fourth-order valence-corrected chi connectivity index (χ4v) is 2.96. The second kappa shape index (κ2) is 7.40. The maximum absolute atomic E-state index is 12.2. The van der Waals surface area contributed by atoms with E-state index in [4.69, 9.17) is 0 Å². The Hall–Kier alpha value is -2.47. The van der Waals surface area contributed by atoms with Gasteiger partial charge in [0.2, 0.25) is 0 Å². The molecule has 24 heavy (non-hydrogen) atoms. The van der Waals surface area contributed by atoms with E-state index in [1.54, 1.807) is 0 Å². The van der Waals surface area contributed by atoms with Gasteiger partial charge in [0, 0.05) is 26.2 Å². The quantitative estimate of drug-likeness (QED) is 0.899. The molecule has 0 radical (unpaired) electrons. The minimum absolute atomic E-state index is 0.234. The molecule has 2 aromatic rings. The van der Waals surface area contributed by atoms with E-state index in [1.165, 1.54) is 37.6 Å². The van der Waals surface area contributed by atoms with Gasteiger partial charge in [-0.05, 0) is 43.1 Å². The molecule has 3 rings (SSSR count). The second-order valence-corrected chi connectivity index (χ2v) is 6.12. The molecule has 1 fully saturated rings. The minimum Gasteiger partial charge on any atom is -0.347 e. The highest BCUT2D eigenvalue weighted by Crippen LogP contribution is 2.16. The monoisotopic (exact) mass is 326 g/mol. The molecule has 2 heterocycles. The normalized spacial score (nSPS) is 14.7. The van der Waals surface area contributed by atoms with E-state index < -0.39 is 0 Å². The van der Waals surface area contributed by atoms with Gasteiger partial charge in [0.1, 0.15) is 5.69 Å². The topological polar surface area (TPSA) is 67.2 Å². The number of likely N-dealkylation sites (tertiary alicyclic amines) is 1. The number of hydrogen-bond acceptors (Lipinski definition) is 4. The molecule has 1 saturated heterocycles. The fourth-order valence-electron chi connectivity index (χ4n) is 2.96. The highest BCUT2D eigenvalue weighted by molar-refractivity contribution is 5.91. The molecule has 0 bridgehead atoms. The van der Waals surface area contributed by atoms with Crippen LogP contribution in [0, 0.1) is 0 Å². The Kier molecular flexibility index (Phi) is 5.05. The summed E-state index contributed by atoms with van der Waals surface area (Å²) in [4.78, 5) is 26.0. The Bertz CT molecular complexity index is 779. The van der Waals surface area contributed by atoms with Gasteiger partial charge in [0.05, 0.1) is 0 Å². The van der Waals surface area contributed by atoms with E-state index in [0.717, 1.165) is 29.9 Å². The van der Waals surface area contributed by atoms with Crippen LogP contribution in [0.25, 0.3) is 0 Å². The SMILES string of the molecule is Cn1nc(C(=O)NCc2ccccc2CN2CCCC2)ccc1=O. The molecule has 1 aromatic carbocycles. The van der Waals surface area contributed by atoms with Crippen molar-refractivity contribution >= 4 is 5.91 Å². The maximum Gasteiger partial charge on any atom is 0.271 e. The molecule has 0 spiro atoms. The van der Waals surface area contributed by atoms with Gasteiger partial charge in [0.25, 0.3) is 11.5 Å². The smallest absolute Gasteiger partial charge is 0.271 e. The average molecular weight is 326 g/mol. The summed E-state index contributed by atoms with van der Waals surface area (Å²) in [6.45, 7) is 3.66. The van der Waals surface area contributed by atoms with Crippen LogP contribution in [0.2, 0.25) is 0 Å². The van der Waals surface area contributed by atoms with Crippen LogP contribution in [-0.2, 0) is 20.1 Å². The average Bonchev–Trinajstić information content (AvgIpc) is 3.09. The number of aryl methyl sites for hydroxylation is 1. The van der Waals surface area contributed by atoms with Crippen molar-refractivity contribution in [3.05, 3.63) is 63.6 Å². The molecule has 0 unspecified atom stereocenters. The zero-order valence-corrected chi connectivity index (χ0v) is 13.9. The van der Waals surface area contributed by atoms with Crippen molar-refractivity contribution in [3.63, 3.8) is 0 Å². The highest BCUT2D eigenvalue weighted by atomic mass is 16.2. The van der Waals surface area contributed by atoms with E-state index in [-0.39, 0.29) is 17.2 Å². The first kappa shape index (κ1) is 16.4. The van der Waals surface area contributed by atoms with Crippen LogP contribution in [0.15, 0.2) is 41.2 Å². The summed E-state index contributed by atoms with van der Waals surface area (Å²) in [7, 11) is 1.53. The number of amides is 1. The van der Waals surface area contributed by atoms with Crippen LogP contribution in [0.1, 0.15) is 34.5 Å². The molecule has 6 heteroatoms. The first-order valence-electron chi connectivity index (χ1n) is 8.25. The van der Waals surface area contributed by atoms with Gasteiger partial charge in [-0.15, -0.1) is 0 Å². The van der Waals surface area contributed by atoms with Gasteiger partial charge in [-0.25, -0.2) is 4.68 Å². The zero-order valence-electron chi connectivity index (χ0n) is 13.9. The number of carbonyl (C=O) groups is 1. The summed E-state index contributed by atoms with van der Waals surface area (Å²) < 4.78 is 1.16.